The summed E-state index contributed by atoms with van der Waals surface area (Å²) in [5.41, 5.74) is 0.488. The van der Waals surface area contributed by atoms with Crippen LogP contribution in [0.4, 0.5) is 13.2 Å². The van der Waals surface area contributed by atoms with Crippen molar-refractivity contribution in [1.82, 2.24) is 5.32 Å². The summed E-state index contributed by atoms with van der Waals surface area (Å²) in [6.45, 7) is 0. The van der Waals surface area contributed by atoms with Crippen LogP contribution in [0.1, 0.15) is 36.0 Å². The van der Waals surface area contributed by atoms with E-state index in [1.54, 1.807) is 24.3 Å². The third-order valence-corrected chi connectivity index (χ3v) is 5.35. The van der Waals surface area contributed by atoms with Gasteiger partial charge in [-0.25, -0.2) is 0 Å². The zero-order valence-corrected chi connectivity index (χ0v) is 15.0. The second-order valence-electron chi connectivity index (χ2n) is 6.03. The largest absolute Gasteiger partial charge is 0.393 e. The average molecular weight is 394 g/mol. The highest BCUT2D eigenvalue weighted by atomic mass is 35.5. The number of carbonyl (C=O) groups excluding carboxylic acids is 2. The van der Waals surface area contributed by atoms with E-state index in [0.29, 0.717) is 29.8 Å². The molecule has 0 heterocycles. The minimum absolute atomic E-state index is 0.0413. The number of ketones is 1. The summed E-state index contributed by atoms with van der Waals surface area (Å²) in [5.74, 6) is -2.05. The van der Waals surface area contributed by atoms with Crippen LogP contribution in [-0.2, 0) is 4.79 Å². The van der Waals surface area contributed by atoms with Gasteiger partial charge in [0.1, 0.15) is 0 Å². The molecule has 8 heteroatoms. The zero-order chi connectivity index (χ0) is 18.4. The van der Waals surface area contributed by atoms with Gasteiger partial charge in [0.2, 0.25) is 5.91 Å². The maximum absolute atomic E-state index is 13.0. The van der Waals surface area contributed by atoms with Gasteiger partial charge in [0, 0.05) is 16.6 Å². The van der Waals surface area contributed by atoms with Crippen LogP contribution in [0.3, 0.4) is 0 Å². The number of alkyl halides is 3. The Labute approximate surface area is 153 Å². The molecular formula is C17H19ClF3NO2S. The van der Waals surface area contributed by atoms with Crippen molar-refractivity contribution >= 4 is 35.1 Å². The second-order valence-corrected chi connectivity index (χ2v) is 7.45. The number of Topliss-reactive ketones (excluding diaryl/α,β-unsaturated/α-hetero) is 1. The molecule has 1 aliphatic rings. The number of thioether (sulfide) groups is 1. The molecule has 0 radical (unpaired) electrons. The van der Waals surface area contributed by atoms with Crippen molar-refractivity contribution < 1.29 is 22.8 Å². The van der Waals surface area contributed by atoms with E-state index in [-0.39, 0.29) is 23.7 Å². The third-order valence-electron chi connectivity index (χ3n) is 4.17. The Balaban J connectivity index is 1.78. The van der Waals surface area contributed by atoms with E-state index in [0.717, 1.165) is 11.8 Å². The van der Waals surface area contributed by atoms with Crippen LogP contribution in [0.15, 0.2) is 24.3 Å². The number of nitrogens with one attached hydrogen (secondary N) is 1. The van der Waals surface area contributed by atoms with Gasteiger partial charge in [0.05, 0.1) is 17.4 Å². The minimum Gasteiger partial charge on any atom is -0.352 e. The molecule has 1 saturated carbocycles. The normalized spacial score (nSPS) is 21.0. The van der Waals surface area contributed by atoms with Crippen LogP contribution in [0, 0.1) is 5.92 Å². The Morgan fingerprint density at radius 1 is 1.12 bits per heavy atom. The molecule has 0 unspecified atom stereocenters. The predicted octanol–water partition coefficient (Wildman–Crippen LogP) is 4.49. The topological polar surface area (TPSA) is 46.2 Å². The van der Waals surface area contributed by atoms with Gasteiger partial charge in [-0.2, -0.15) is 13.2 Å². The molecule has 1 aromatic carbocycles. The molecule has 0 spiro atoms. The smallest absolute Gasteiger partial charge is 0.352 e. The van der Waals surface area contributed by atoms with Crippen molar-refractivity contribution in [2.24, 2.45) is 5.92 Å². The molecule has 1 aromatic rings. The van der Waals surface area contributed by atoms with Gasteiger partial charge >= 0.3 is 6.18 Å². The fourth-order valence-electron chi connectivity index (χ4n) is 2.90. The highest BCUT2D eigenvalue weighted by molar-refractivity contribution is 8.00. The van der Waals surface area contributed by atoms with Gasteiger partial charge in [-0.3, -0.25) is 9.59 Å². The average Bonchev–Trinajstić information content (AvgIpc) is 2.55. The lowest BCUT2D eigenvalue weighted by Crippen LogP contribution is -2.48. The maximum Gasteiger partial charge on any atom is 0.393 e. The summed E-state index contributed by atoms with van der Waals surface area (Å²) in [4.78, 5) is 23.9. The molecule has 0 bridgehead atoms. The highest BCUT2D eigenvalue weighted by Crippen LogP contribution is 2.37. The Morgan fingerprint density at radius 2 is 1.76 bits per heavy atom. The summed E-state index contributed by atoms with van der Waals surface area (Å²) in [6, 6.07) is 5.54. The Bertz CT molecular complexity index is 607. The number of hydrogen-bond acceptors (Lipinski definition) is 3. The van der Waals surface area contributed by atoms with Crippen LogP contribution >= 0.6 is 23.4 Å². The second kappa shape index (κ2) is 8.94. The lowest BCUT2D eigenvalue weighted by Gasteiger charge is -2.33. The van der Waals surface area contributed by atoms with Crippen molar-refractivity contribution in [2.45, 2.75) is 37.9 Å². The van der Waals surface area contributed by atoms with E-state index in [1.807, 2.05) is 0 Å². The minimum atomic E-state index is -4.30. The first-order valence-electron chi connectivity index (χ1n) is 8.00. The summed E-state index contributed by atoms with van der Waals surface area (Å²) in [7, 11) is 0. The lowest BCUT2D eigenvalue weighted by atomic mass is 9.84. The van der Waals surface area contributed by atoms with Gasteiger partial charge in [0.25, 0.3) is 0 Å². The Morgan fingerprint density at radius 3 is 2.40 bits per heavy atom. The maximum atomic E-state index is 13.0. The molecule has 0 saturated heterocycles. The molecule has 2 rings (SSSR count). The van der Waals surface area contributed by atoms with E-state index in [1.165, 1.54) is 0 Å². The third kappa shape index (κ3) is 6.22. The molecule has 1 amide bonds. The number of carbonyl (C=O) groups is 2. The van der Waals surface area contributed by atoms with Crippen molar-refractivity contribution in [2.75, 3.05) is 11.5 Å². The molecule has 1 fully saturated rings. The summed E-state index contributed by atoms with van der Waals surface area (Å²) < 4.78 is 39.0. The van der Waals surface area contributed by atoms with E-state index in [2.05, 4.69) is 5.32 Å². The van der Waals surface area contributed by atoms with Crippen molar-refractivity contribution in [3.8, 4) is 0 Å². The first kappa shape index (κ1) is 20.1. The van der Waals surface area contributed by atoms with Gasteiger partial charge in [-0.05, 0) is 37.1 Å². The quantitative estimate of drug-likeness (QED) is 0.724. The molecule has 0 aromatic heterocycles. The lowest BCUT2D eigenvalue weighted by molar-refractivity contribution is -0.189. The standard InChI is InChI=1S/C17H19ClF3NO2S/c18-12-7-5-11(6-8-12)15(23)9-25-10-16(24)22-14-4-2-1-3-13(14)17(19,20)21/h5-8,13-14H,1-4,9-10H2,(H,22,24)/t13-,14-/m1/s1. The summed E-state index contributed by atoms with van der Waals surface area (Å²) >= 11 is 6.84. The first-order valence-corrected chi connectivity index (χ1v) is 9.53. The van der Waals surface area contributed by atoms with Crippen LogP contribution in [0.5, 0.6) is 0 Å². The van der Waals surface area contributed by atoms with Gasteiger partial charge < -0.3 is 5.32 Å². The first-order chi connectivity index (χ1) is 11.8. The van der Waals surface area contributed by atoms with Crippen LogP contribution in [0.2, 0.25) is 5.02 Å². The molecule has 1 N–H and O–H groups in total. The fourth-order valence-corrected chi connectivity index (χ4v) is 3.75. The van der Waals surface area contributed by atoms with Crippen molar-refractivity contribution in [3.63, 3.8) is 0 Å². The van der Waals surface area contributed by atoms with Crippen LogP contribution in [-0.4, -0.2) is 35.4 Å². The molecule has 138 valence electrons. The Hall–Kier alpha value is -1.21. The summed E-state index contributed by atoms with van der Waals surface area (Å²) in [6.07, 6.45) is -2.70. The SMILES string of the molecule is O=C(CSCC(=O)c1ccc(Cl)cc1)N[C@@H]1CCCC[C@H]1C(F)(F)F. The van der Waals surface area contributed by atoms with E-state index >= 15 is 0 Å². The van der Waals surface area contributed by atoms with Crippen LogP contribution in [0.25, 0.3) is 0 Å². The predicted molar refractivity (Wildman–Crippen MR) is 93.1 cm³/mol. The zero-order valence-electron chi connectivity index (χ0n) is 13.4. The van der Waals surface area contributed by atoms with Crippen molar-refractivity contribution in [1.29, 1.82) is 0 Å². The number of halogens is 4. The van der Waals surface area contributed by atoms with E-state index < -0.39 is 24.0 Å². The number of hydrogen-bond donors (Lipinski definition) is 1. The van der Waals surface area contributed by atoms with E-state index in [9.17, 15) is 22.8 Å². The highest BCUT2D eigenvalue weighted by Gasteiger charge is 2.45. The summed E-state index contributed by atoms with van der Waals surface area (Å²) in [5, 5.41) is 3.01. The van der Waals surface area contributed by atoms with E-state index in [4.69, 9.17) is 11.6 Å². The molecule has 2 atom stereocenters. The molecule has 3 nitrogen and oxygen atoms in total. The molecule has 25 heavy (non-hydrogen) atoms. The number of benzene rings is 1. The molecule has 1 aliphatic carbocycles. The van der Waals surface area contributed by atoms with Gasteiger partial charge in [-0.1, -0.05) is 24.4 Å². The van der Waals surface area contributed by atoms with Crippen LogP contribution < -0.4 is 5.32 Å². The van der Waals surface area contributed by atoms with Gasteiger partial charge in [0.15, 0.2) is 5.78 Å². The molecule has 0 aliphatic heterocycles. The number of amides is 1. The molecular weight excluding hydrogens is 375 g/mol. The Kier molecular flexibility index (Phi) is 7.19. The number of rotatable bonds is 6. The van der Waals surface area contributed by atoms with Crippen molar-refractivity contribution in [3.05, 3.63) is 34.9 Å². The monoisotopic (exact) mass is 393 g/mol. The van der Waals surface area contributed by atoms with Gasteiger partial charge in [-0.15, -0.1) is 11.8 Å². The fraction of sp³-hybridized carbons (Fsp3) is 0.529.